The van der Waals surface area contributed by atoms with Gasteiger partial charge in [0.2, 0.25) is 0 Å². The third kappa shape index (κ3) is 6.88. The van der Waals surface area contributed by atoms with Crippen LogP contribution in [-0.2, 0) is 9.84 Å². The highest BCUT2D eigenvalue weighted by molar-refractivity contribution is 7.99. The van der Waals surface area contributed by atoms with Crippen LogP contribution in [0.15, 0.2) is 29.2 Å². The maximum Gasteiger partial charge on any atom is 0.148 e. The van der Waals surface area contributed by atoms with Crippen molar-refractivity contribution in [1.29, 1.82) is 0 Å². The molecule has 0 radical (unpaired) electrons. The topological polar surface area (TPSA) is 55.4 Å². The minimum Gasteiger partial charge on any atom is -0.497 e. The van der Waals surface area contributed by atoms with Crippen molar-refractivity contribution in [2.75, 3.05) is 38.0 Å². The van der Waals surface area contributed by atoms with Crippen LogP contribution in [0, 0.1) is 0 Å². The zero-order valence-corrected chi connectivity index (χ0v) is 12.3. The molecule has 4 nitrogen and oxygen atoms in total. The first-order valence-corrected chi connectivity index (χ1v) is 8.71. The average Bonchev–Trinajstić information content (AvgIpc) is 2.33. The molecular weight excluding hydrogens is 270 g/mol. The average molecular weight is 289 g/mol. The van der Waals surface area contributed by atoms with Gasteiger partial charge in [-0.1, -0.05) is 0 Å². The second-order valence-electron chi connectivity index (χ2n) is 3.90. The molecule has 0 spiro atoms. The highest BCUT2D eigenvalue weighted by Crippen LogP contribution is 2.20. The first-order chi connectivity index (χ1) is 8.51. The van der Waals surface area contributed by atoms with Crippen LogP contribution >= 0.6 is 11.8 Å². The molecule has 0 bridgehead atoms. The van der Waals surface area contributed by atoms with Gasteiger partial charge >= 0.3 is 0 Å². The number of rotatable bonds is 8. The molecule has 0 fully saturated rings. The van der Waals surface area contributed by atoms with E-state index in [0.717, 1.165) is 18.0 Å². The van der Waals surface area contributed by atoms with Crippen molar-refractivity contribution in [3.8, 4) is 5.75 Å². The molecule has 1 N–H and O–H groups in total. The summed E-state index contributed by atoms with van der Waals surface area (Å²) >= 11 is 1.73. The first-order valence-electron chi connectivity index (χ1n) is 5.66. The van der Waals surface area contributed by atoms with E-state index in [0.29, 0.717) is 6.54 Å². The molecule has 0 atom stereocenters. The van der Waals surface area contributed by atoms with Crippen LogP contribution in [0.2, 0.25) is 0 Å². The van der Waals surface area contributed by atoms with Crippen molar-refractivity contribution in [2.45, 2.75) is 4.90 Å². The largest absolute Gasteiger partial charge is 0.497 e. The van der Waals surface area contributed by atoms with Gasteiger partial charge in [-0.15, -0.1) is 11.8 Å². The minimum atomic E-state index is -2.85. The van der Waals surface area contributed by atoms with Crippen LogP contribution in [0.5, 0.6) is 5.75 Å². The standard InChI is InChI=1S/C12H19NO3S2/c1-16-11-3-5-12(6-4-11)17-9-7-13-8-10-18(2,14)15/h3-6,13H,7-10H2,1-2H3. The third-order valence-electron chi connectivity index (χ3n) is 2.26. The Bertz CT molecular complexity index is 443. The van der Waals surface area contributed by atoms with Gasteiger partial charge in [-0.05, 0) is 24.3 Å². The van der Waals surface area contributed by atoms with E-state index >= 15 is 0 Å². The van der Waals surface area contributed by atoms with Crippen molar-refractivity contribution in [2.24, 2.45) is 0 Å². The van der Waals surface area contributed by atoms with Gasteiger partial charge in [0.25, 0.3) is 0 Å². The number of thioether (sulfide) groups is 1. The van der Waals surface area contributed by atoms with Gasteiger partial charge in [0.15, 0.2) is 0 Å². The Balaban J connectivity index is 2.14. The molecule has 0 saturated heterocycles. The molecule has 102 valence electrons. The van der Waals surface area contributed by atoms with E-state index in [1.807, 2.05) is 24.3 Å². The van der Waals surface area contributed by atoms with E-state index < -0.39 is 9.84 Å². The lowest BCUT2D eigenvalue weighted by molar-refractivity contribution is 0.414. The summed E-state index contributed by atoms with van der Waals surface area (Å²) < 4.78 is 26.9. The summed E-state index contributed by atoms with van der Waals surface area (Å²) in [7, 11) is -1.21. The van der Waals surface area contributed by atoms with Gasteiger partial charge in [-0.3, -0.25) is 0 Å². The zero-order chi connectivity index (χ0) is 13.4. The molecule has 0 aliphatic heterocycles. The maximum atomic E-state index is 10.9. The predicted molar refractivity (Wildman–Crippen MR) is 76.3 cm³/mol. The molecular formula is C12H19NO3S2. The summed E-state index contributed by atoms with van der Waals surface area (Å²) in [5, 5.41) is 3.11. The molecule has 0 amide bonds. The zero-order valence-electron chi connectivity index (χ0n) is 10.7. The Morgan fingerprint density at radius 2 is 1.89 bits per heavy atom. The summed E-state index contributed by atoms with van der Waals surface area (Å²) in [6.07, 6.45) is 1.25. The van der Waals surface area contributed by atoms with Crippen molar-refractivity contribution < 1.29 is 13.2 Å². The van der Waals surface area contributed by atoms with Gasteiger partial charge in [-0.25, -0.2) is 8.42 Å². The summed E-state index contributed by atoms with van der Waals surface area (Å²) in [6.45, 7) is 1.31. The molecule has 0 aliphatic rings. The number of nitrogens with one attached hydrogen (secondary N) is 1. The Labute approximate surface area is 113 Å². The molecule has 1 aromatic carbocycles. The third-order valence-corrected chi connectivity index (χ3v) is 4.22. The number of ether oxygens (including phenoxy) is 1. The van der Waals surface area contributed by atoms with Crippen molar-refractivity contribution >= 4 is 21.6 Å². The number of hydrogen-bond donors (Lipinski definition) is 1. The van der Waals surface area contributed by atoms with Gasteiger partial charge in [-0.2, -0.15) is 0 Å². The fraction of sp³-hybridized carbons (Fsp3) is 0.500. The Kier molecular flexibility index (Phi) is 6.52. The fourth-order valence-electron chi connectivity index (χ4n) is 1.30. The first kappa shape index (κ1) is 15.3. The van der Waals surface area contributed by atoms with Crippen LogP contribution in [0.1, 0.15) is 0 Å². The highest BCUT2D eigenvalue weighted by atomic mass is 32.2. The molecule has 0 unspecified atom stereocenters. The molecule has 0 heterocycles. The van der Waals surface area contributed by atoms with Crippen LogP contribution in [0.25, 0.3) is 0 Å². The normalized spacial score (nSPS) is 11.4. The van der Waals surface area contributed by atoms with E-state index in [-0.39, 0.29) is 5.75 Å². The van der Waals surface area contributed by atoms with Crippen LogP contribution < -0.4 is 10.1 Å². The number of benzene rings is 1. The Hall–Kier alpha value is -0.720. The smallest absolute Gasteiger partial charge is 0.148 e. The molecule has 18 heavy (non-hydrogen) atoms. The second kappa shape index (κ2) is 7.66. The molecule has 6 heteroatoms. The summed E-state index contributed by atoms with van der Waals surface area (Å²) in [6, 6.07) is 7.89. The van der Waals surface area contributed by atoms with Gasteiger partial charge in [0.05, 0.1) is 12.9 Å². The van der Waals surface area contributed by atoms with E-state index in [9.17, 15) is 8.42 Å². The van der Waals surface area contributed by atoms with Gasteiger partial charge in [0.1, 0.15) is 15.6 Å². The molecule has 0 aromatic heterocycles. The van der Waals surface area contributed by atoms with Crippen molar-refractivity contribution in [3.63, 3.8) is 0 Å². The fourth-order valence-corrected chi connectivity index (χ4v) is 2.62. The van der Waals surface area contributed by atoms with Gasteiger partial charge < -0.3 is 10.1 Å². The monoisotopic (exact) mass is 289 g/mol. The molecule has 0 saturated carbocycles. The second-order valence-corrected chi connectivity index (χ2v) is 7.33. The predicted octanol–water partition coefficient (Wildman–Crippen LogP) is 1.42. The lowest BCUT2D eigenvalue weighted by Gasteiger charge is -2.05. The Morgan fingerprint density at radius 1 is 1.22 bits per heavy atom. The van der Waals surface area contributed by atoms with E-state index in [2.05, 4.69) is 5.32 Å². The van der Waals surface area contributed by atoms with Crippen LogP contribution in [0.3, 0.4) is 0 Å². The molecule has 1 aromatic rings. The lowest BCUT2D eigenvalue weighted by atomic mass is 10.3. The quantitative estimate of drug-likeness (QED) is 0.579. The maximum absolute atomic E-state index is 10.9. The molecule has 1 rings (SSSR count). The highest BCUT2D eigenvalue weighted by Gasteiger charge is 2.00. The number of hydrogen-bond acceptors (Lipinski definition) is 5. The minimum absolute atomic E-state index is 0.195. The SMILES string of the molecule is COc1ccc(SCCNCCS(C)(=O)=O)cc1. The van der Waals surface area contributed by atoms with E-state index in [1.165, 1.54) is 11.2 Å². The van der Waals surface area contributed by atoms with Crippen molar-refractivity contribution in [3.05, 3.63) is 24.3 Å². The number of sulfone groups is 1. The summed E-state index contributed by atoms with van der Waals surface area (Å²) in [5.41, 5.74) is 0. The summed E-state index contributed by atoms with van der Waals surface area (Å²) in [4.78, 5) is 1.18. The Morgan fingerprint density at radius 3 is 2.44 bits per heavy atom. The van der Waals surface area contributed by atoms with Crippen LogP contribution in [-0.4, -0.2) is 46.4 Å². The van der Waals surface area contributed by atoms with Crippen LogP contribution in [0.4, 0.5) is 0 Å². The lowest BCUT2D eigenvalue weighted by Crippen LogP contribution is -2.24. The molecule has 0 aliphatic carbocycles. The van der Waals surface area contributed by atoms with Gasteiger partial charge in [0, 0.05) is 30.0 Å². The van der Waals surface area contributed by atoms with Crippen molar-refractivity contribution in [1.82, 2.24) is 5.32 Å². The van der Waals surface area contributed by atoms with E-state index in [4.69, 9.17) is 4.74 Å². The summed E-state index contributed by atoms with van der Waals surface area (Å²) in [5.74, 6) is 1.96. The number of methoxy groups -OCH3 is 1. The van der Waals surface area contributed by atoms with E-state index in [1.54, 1.807) is 18.9 Å².